The number of carbonyl (C=O) groups is 4. The number of phosphoric acid groups is 2. The molecule has 2 unspecified atom stereocenters. The van der Waals surface area contributed by atoms with Gasteiger partial charge >= 0.3 is 39.5 Å². The molecule has 5 atom stereocenters. The molecule has 0 rings (SSSR count). The highest BCUT2D eigenvalue weighted by molar-refractivity contribution is 7.47. The number of unbranched alkanes of at least 4 members (excludes halogenated alkanes) is 36. The van der Waals surface area contributed by atoms with Crippen molar-refractivity contribution >= 4 is 39.5 Å². The smallest absolute Gasteiger partial charge is 0.462 e. The fourth-order valence-electron chi connectivity index (χ4n) is 10.6. The molecular formula is C79H142O17P2. The van der Waals surface area contributed by atoms with Crippen molar-refractivity contribution in [2.45, 2.75) is 367 Å². The van der Waals surface area contributed by atoms with Gasteiger partial charge < -0.3 is 33.8 Å². The fraction of sp³-hybridized carbons (Fsp3) is 0.797. The molecule has 0 aliphatic carbocycles. The van der Waals surface area contributed by atoms with Gasteiger partial charge in [0.25, 0.3) is 0 Å². The first-order chi connectivity index (χ1) is 47.7. The van der Waals surface area contributed by atoms with Gasteiger partial charge in [0.05, 0.1) is 26.4 Å². The molecule has 0 aromatic carbocycles. The number of hydrogen-bond acceptors (Lipinski definition) is 15. The number of allylic oxidation sites excluding steroid dienone is 12. The van der Waals surface area contributed by atoms with E-state index in [1.54, 1.807) is 0 Å². The molecular weight excluding hydrogens is 1280 g/mol. The Hall–Kier alpha value is -3.50. The summed E-state index contributed by atoms with van der Waals surface area (Å²) in [6.45, 7) is 4.79. The second-order valence-electron chi connectivity index (χ2n) is 26.3. The van der Waals surface area contributed by atoms with E-state index in [1.807, 2.05) is 12.2 Å². The number of rotatable bonds is 74. The van der Waals surface area contributed by atoms with Gasteiger partial charge in [-0.2, -0.15) is 0 Å². The Morgan fingerprint density at radius 2 is 0.510 bits per heavy atom. The molecule has 19 heteroatoms. The third-order valence-electron chi connectivity index (χ3n) is 16.6. The van der Waals surface area contributed by atoms with E-state index >= 15 is 0 Å². The Balaban J connectivity index is 5.37. The van der Waals surface area contributed by atoms with Gasteiger partial charge in [0.2, 0.25) is 0 Å². The maximum absolute atomic E-state index is 13.1. The number of ether oxygens (including phenoxy) is 4. The van der Waals surface area contributed by atoms with Gasteiger partial charge in [-0.25, -0.2) is 9.13 Å². The summed E-state index contributed by atoms with van der Waals surface area (Å²) < 4.78 is 68.5. The topological polar surface area (TPSA) is 237 Å². The molecule has 0 spiro atoms. The lowest BCUT2D eigenvalue weighted by Gasteiger charge is -2.21. The monoisotopic (exact) mass is 1420 g/mol. The number of carbonyl (C=O) groups excluding carboxylic acids is 4. The largest absolute Gasteiger partial charge is 0.472 e. The molecule has 0 saturated carbocycles. The highest BCUT2D eigenvalue weighted by atomic mass is 31.2. The van der Waals surface area contributed by atoms with Crippen molar-refractivity contribution < 1.29 is 80.2 Å². The van der Waals surface area contributed by atoms with E-state index in [2.05, 4.69) is 88.5 Å². The van der Waals surface area contributed by atoms with Gasteiger partial charge in [0.1, 0.15) is 19.3 Å². The molecule has 0 heterocycles. The van der Waals surface area contributed by atoms with Crippen LogP contribution < -0.4 is 0 Å². The summed E-state index contributed by atoms with van der Waals surface area (Å²) in [5, 5.41) is 10.6. The average molecular weight is 1430 g/mol. The molecule has 0 aliphatic heterocycles. The predicted molar refractivity (Wildman–Crippen MR) is 400 cm³/mol. The summed E-state index contributed by atoms with van der Waals surface area (Å²) in [5.41, 5.74) is 0. The van der Waals surface area contributed by atoms with Crippen LogP contribution >= 0.6 is 15.6 Å². The maximum Gasteiger partial charge on any atom is 0.472 e. The number of phosphoric ester groups is 2. The van der Waals surface area contributed by atoms with Crippen LogP contribution in [-0.4, -0.2) is 96.7 Å². The normalized spacial score (nSPS) is 14.3. The second kappa shape index (κ2) is 71.9. The molecule has 0 aromatic rings. The number of hydrogen-bond donors (Lipinski definition) is 3. The lowest BCUT2D eigenvalue weighted by Crippen LogP contribution is -2.30. The standard InChI is InChI=1S/C79H142O17P2/c1-5-9-13-17-21-25-29-33-35-36-38-41-44-48-52-56-60-64-77(82)90-70-74(95-78(83)65-61-57-53-49-45-40-32-28-24-20-16-12-8-4)71-93-97(85,86)91-67-73(80)68-92-98(87,88)94-72-75(69-89-76(81)63-59-55-51-47-43-39-31-27-23-19-15-11-7-3)96-79(84)66-62-58-54-50-46-42-37-34-30-26-22-18-14-10-6-2/h21,25,27,31,33-35,37-38,41,48,52,73-75,80H,5-20,22-24,26,28-30,32,36,39-40,42-47,49-51,53-72H2,1-4H3,(H,85,86)(H,87,88)/b25-21-,31-27-,35-33-,37-34-,41-38-,52-48-/t73-,74+,75+/m0/s1. The highest BCUT2D eigenvalue weighted by Gasteiger charge is 2.30. The van der Waals surface area contributed by atoms with Gasteiger partial charge in [-0.3, -0.25) is 37.3 Å². The number of aliphatic hydroxyl groups excluding tert-OH is 1. The zero-order valence-corrected chi connectivity index (χ0v) is 64.0. The van der Waals surface area contributed by atoms with Gasteiger partial charge in [-0.05, 0) is 116 Å². The van der Waals surface area contributed by atoms with Crippen molar-refractivity contribution in [3.8, 4) is 0 Å². The molecule has 0 amide bonds. The van der Waals surface area contributed by atoms with Crippen LogP contribution in [0.2, 0.25) is 0 Å². The van der Waals surface area contributed by atoms with Crippen LogP contribution in [0.4, 0.5) is 0 Å². The van der Waals surface area contributed by atoms with E-state index in [4.69, 9.17) is 37.0 Å². The minimum atomic E-state index is -4.98. The first-order valence-electron chi connectivity index (χ1n) is 39.2. The number of esters is 4. The summed E-state index contributed by atoms with van der Waals surface area (Å²) in [6.07, 6.45) is 71.8. The molecule has 98 heavy (non-hydrogen) atoms. The van der Waals surface area contributed by atoms with Gasteiger partial charge in [0.15, 0.2) is 12.2 Å². The van der Waals surface area contributed by atoms with Gasteiger partial charge in [0, 0.05) is 25.7 Å². The van der Waals surface area contributed by atoms with Crippen molar-refractivity contribution in [3.63, 3.8) is 0 Å². The van der Waals surface area contributed by atoms with E-state index in [9.17, 15) is 43.2 Å². The van der Waals surface area contributed by atoms with Crippen LogP contribution in [0, 0.1) is 0 Å². The van der Waals surface area contributed by atoms with Crippen LogP contribution in [0.15, 0.2) is 72.9 Å². The summed E-state index contributed by atoms with van der Waals surface area (Å²) in [6, 6.07) is 0. The minimum absolute atomic E-state index is 0.0856. The van der Waals surface area contributed by atoms with Crippen LogP contribution in [0.1, 0.15) is 349 Å². The third kappa shape index (κ3) is 70.9. The van der Waals surface area contributed by atoms with Crippen LogP contribution in [0.25, 0.3) is 0 Å². The predicted octanol–water partition coefficient (Wildman–Crippen LogP) is 22.4. The zero-order chi connectivity index (χ0) is 71.8. The quantitative estimate of drug-likeness (QED) is 0.0169. The molecule has 0 radical (unpaired) electrons. The summed E-state index contributed by atoms with van der Waals surface area (Å²) >= 11 is 0. The molecule has 0 bridgehead atoms. The first-order valence-corrected chi connectivity index (χ1v) is 42.2. The van der Waals surface area contributed by atoms with Crippen LogP contribution in [-0.2, 0) is 65.4 Å². The van der Waals surface area contributed by atoms with Gasteiger partial charge in [-0.15, -0.1) is 0 Å². The molecule has 570 valence electrons. The van der Waals surface area contributed by atoms with Crippen molar-refractivity contribution in [1.29, 1.82) is 0 Å². The average Bonchev–Trinajstić information content (AvgIpc) is 0.962. The lowest BCUT2D eigenvalue weighted by atomic mass is 10.0. The Bertz CT molecular complexity index is 2140. The van der Waals surface area contributed by atoms with E-state index in [-0.39, 0.29) is 25.7 Å². The summed E-state index contributed by atoms with van der Waals surface area (Å²) in [4.78, 5) is 72.8. The zero-order valence-electron chi connectivity index (χ0n) is 62.2. The first kappa shape index (κ1) is 94.5. The summed E-state index contributed by atoms with van der Waals surface area (Å²) in [5.74, 6) is -2.23. The van der Waals surface area contributed by atoms with E-state index in [0.29, 0.717) is 32.1 Å². The van der Waals surface area contributed by atoms with E-state index in [1.165, 1.54) is 135 Å². The third-order valence-corrected chi connectivity index (χ3v) is 18.5. The molecule has 0 aromatic heterocycles. The van der Waals surface area contributed by atoms with Crippen molar-refractivity contribution in [1.82, 2.24) is 0 Å². The number of aliphatic hydroxyl groups is 1. The summed E-state index contributed by atoms with van der Waals surface area (Å²) in [7, 11) is -9.95. The lowest BCUT2D eigenvalue weighted by molar-refractivity contribution is -0.161. The Labute approximate surface area is 596 Å². The molecule has 0 saturated heterocycles. The van der Waals surface area contributed by atoms with Crippen molar-refractivity contribution in [2.75, 3.05) is 39.6 Å². The molecule has 0 aliphatic rings. The highest BCUT2D eigenvalue weighted by Crippen LogP contribution is 2.45. The SMILES string of the molecule is CCCCC/C=C\C/C=C\C/C=C\C/C=C\CCCC(=O)OC[C@H](COP(=O)(O)OC[C@H](O)COP(=O)(O)OC[C@@H](COC(=O)CCCCCCC/C=C\CCCCCC)OC(=O)CCCCCCC/C=C\CCCCCCCC)OC(=O)CCCCCCCCCCCCCCC. The van der Waals surface area contributed by atoms with Crippen LogP contribution in [0.5, 0.6) is 0 Å². The maximum atomic E-state index is 13.1. The molecule has 17 nitrogen and oxygen atoms in total. The molecule has 3 N–H and O–H groups in total. The fourth-order valence-corrected chi connectivity index (χ4v) is 12.2. The van der Waals surface area contributed by atoms with Gasteiger partial charge in [-0.1, -0.05) is 280 Å². The molecule has 0 fully saturated rings. The van der Waals surface area contributed by atoms with E-state index < -0.39 is 97.5 Å². The van der Waals surface area contributed by atoms with Crippen LogP contribution in [0.3, 0.4) is 0 Å². The van der Waals surface area contributed by atoms with Crippen molar-refractivity contribution in [2.24, 2.45) is 0 Å². The Morgan fingerprint density at radius 1 is 0.286 bits per heavy atom. The van der Waals surface area contributed by atoms with Crippen molar-refractivity contribution in [3.05, 3.63) is 72.9 Å². The van der Waals surface area contributed by atoms with E-state index in [0.717, 1.165) is 128 Å². The Morgan fingerprint density at radius 3 is 0.847 bits per heavy atom. The Kier molecular flexibility index (Phi) is 69.3. The minimum Gasteiger partial charge on any atom is -0.462 e. The second-order valence-corrected chi connectivity index (χ2v) is 29.2.